The van der Waals surface area contributed by atoms with Crippen molar-refractivity contribution >= 4 is 16.7 Å². The van der Waals surface area contributed by atoms with Gasteiger partial charge in [0.2, 0.25) is 0 Å². The highest BCUT2D eigenvalue weighted by Crippen LogP contribution is 2.33. The monoisotopic (exact) mass is 494 g/mol. The number of pyridine rings is 1. The first kappa shape index (κ1) is 24.6. The second-order valence-electron chi connectivity index (χ2n) is 9.71. The number of halogens is 2. The second-order valence-corrected chi connectivity index (χ2v) is 9.71. The van der Waals surface area contributed by atoms with Crippen LogP contribution in [0.4, 0.5) is 8.78 Å². The number of benzene rings is 3. The number of ketones is 1. The summed E-state index contributed by atoms with van der Waals surface area (Å²) in [7, 11) is 0. The van der Waals surface area contributed by atoms with Gasteiger partial charge in [0, 0.05) is 53.7 Å². The Bertz CT molecular complexity index is 1550. The van der Waals surface area contributed by atoms with E-state index < -0.39 is 11.6 Å². The summed E-state index contributed by atoms with van der Waals surface area (Å²) in [6.45, 7) is 4.06. The molecule has 2 aromatic heterocycles. The number of aromatic nitrogens is 2. The van der Waals surface area contributed by atoms with E-state index in [0.29, 0.717) is 12.0 Å². The number of nitrogens with zero attached hydrogens (tertiary/aromatic N) is 1. The molecule has 5 heteroatoms. The molecule has 0 fully saturated rings. The molecule has 2 heterocycles. The van der Waals surface area contributed by atoms with Crippen molar-refractivity contribution in [2.45, 2.75) is 39.0 Å². The van der Waals surface area contributed by atoms with Gasteiger partial charge >= 0.3 is 0 Å². The van der Waals surface area contributed by atoms with Crippen LogP contribution in [0, 0.1) is 25.5 Å². The lowest BCUT2D eigenvalue weighted by Crippen LogP contribution is -2.14. The summed E-state index contributed by atoms with van der Waals surface area (Å²) >= 11 is 0. The van der Waals surface area contributed by atoms with Crippen LogP contribution in [0.3, 0.4) is 0 Å². The van der Waals surface area contributed by atoms with Crippen LogP contribution in [0.1, 0.15) is 40.3 Å². The zero-order valence-corrected chi connectivity index (χ0v) is 20.9. The van der Waals surface area contributed by atoms with Crippen molar-refractivity contribution in [3.63, 3.8) is 0 Å². The molecule has 37 heavy (non-hydrogen) atoms. The van der Waals surface area contributed by atoms with Crippen LogP contribution < -0.4 is 0 Å². The molecule has 0 aliphatic rings. The fraction of sp³-hybridized carbons (Fsp3) is 0.188. The maximum absolute atomic E-state index is 14.0. The van der Waals surface area contributed by atoms with Gasteiger partial charge in [-0.15, -0.1) is 0 Å². The zero-order chi connectivity index (χ0) is 25.9. The predicted octanol–water partition coefficient (Wildman–Crippen LogP) is 7.65. The van der Waals surface area contributed by atoms with Crippen LogP contribution >= 0.6 is 0 Å². The topological polar surface area (TPSA) is 45.8 Å². The summed E-state index contributed by atoms with van der Waals surface area (Å²) in [5.74, 6) is -1.56. The van der Waals surface area contributed by atoms with Crippen LogP contribution in [-0.2, 0) is 17.6 Å². The van der Waals surface area contributed by atoms with Gasteiger partial charge in [0.25, 0.3) is 0 Å². The molecule has 0 unspecified atom stereocenters. The molecule has 5 rings (SSSR count). The molecule has 1 atom stereocenters. The Hall–Kier alpha value is -4.12. The van der Waals surface area contributed by atoms with Gasteiger partial charge in [-0.3, -0.25) is 9.78 Å². The van der Waals surface area contributed by atoms with E-state index in [0.717, 1.165) is 50.5 Å². The van der Waals surface area contributed by atoms with Gasteiger partial charge in [0.15, 0.2) is 0 Å². The molecule has 0 bridgehead atoms. The van der Waals surface area contributed by atoms with Gasteiger partial charge in [0.1, 0.15) is 17.4 Å². The molecule has 3 nitrogen and oxygen atoms in total. The molecule has 0 aliphatic carbocycles. The van der Waals surface area contributed by atoms with Crippen molar-refractivity contribution in [2.24, 2.45) is 0 Å². The molecule has 1 N–H and O–H groups in total. The standard InChI is InChI=1S/C32H28F2N2O/c1-20-8-10-23(11-9-20)29-6-4-12-35-32(29)24(13-22-14-26(33)18-27(34)15-22)16-28(37)17-25-19-36-30-7-3-5-21(2)31(25)30/h3-12,14-15,18-19,24,36H,13,16-17H2,1-2H3/t24-/m1/s1. The Morgan fingerprint density at radius 1 is 0.946 bits per heavy atom. The Morgan fingerprint density at radius 2 is 1.70 bits per heavy atom. The molecular weight excluding hydrogens is 466 g/mol. The fourth-order valence-electron chi connectivity index (χ4n) is 5.15. The third-order valence-electron chi connectivity index (χ3n) is 6.85. The summed E-state index contributed by atoms with van der Waals surface area (Å²) in [5, 5.41) is 1.07. The number of rotatable bonds is 8. The van der Waals surface area contributed by atoms with E-state index in [2.05, 4.69) is 9.97 Å². The number of fused-ring (bicyclic) bond motifs is 1. The molecule has 3 aromatic carbocycles. The van der Waals surface area contributed by atoms with E-state index in [4.69, 9.17) is 0 Å². The zero-order valence-electron chi connectivity index (χ0n) is 20.9. The molecule has 0 radical (unpaired) electrons. The minimum atomic E-state index is -0.630. The fourth-order valence-corrected chi connectivity index (χ4v) is 5.15. The van der Waals surface area contributed by atoms with E-state index in [-0.39, 0.29) is 24.5 Å². The van der Waals surface area contributed by atoms with Gasteiger partial charge in [-0.25, -0.2) is 8.78 Å². The average molecular weight is 495 g/mol. The lowest BCUT2D eigenvalue weighted by Gasteiger charge is -2.20. The second kappa shape index (κ2) is 10.5. The van der Waals surface area contributed by atoms with Gasteiger partial charge in [-0.1, -0.05) is 48.0 Å². The Morgan fingerprint density at radius 3 is 2.46 bits per heavy atom. The number of nitrogens with one attached hydrogen (secondary N) is 1. The van der Waals surface area contributed by atoms with Crippen LogP contribution in [-0.4, -0.2) is 15.8 Å². The van der Waals surface area contributed by atoms with Crippen molar-refractivity contribution in [2.75, 3.05) is 0 Å². The van der Waals surface area contributed by atoms with Gasteiger partial charge < -0.3 is 4.98 Å². The smallest absolute Gasteiger partial charge is 0.138 e. The molecule has 5 aromatic rings. The number of aromatic amines is 1. The summed E-state index contributed by atoms with van der Waals surface area (Å²) in [6, 6.07) is 21.5. The van der Waals surface area contributed by atoms with Crippen LogP contribution in [0.25, 0.3) is 22.0 Å². The number of aryl methyl sites for hydroxylation is 2. The maximum atomic E-state index is 14.0. The molecule has 0 aliphatic heterocycles. The third kappa shape index (κ3) is 5.51. The molecule has 0 spiro atoms. The summed E-state index contributed by atoms with van der Waals surface area (Å²) < 4.78 is 28.1. The van der Waals surface area contributed by atoms with E-state index in [1.54, 1.807) is 6.20 Å². The first-order chi connectivity index (χ1) is 17.9. The molecule has 186 valence electrons. The highest BCUT2D eigenvalue weighted by molar-refractivity contribution is 5.92. The largest absolute Gasteiger partial charge is 0.361 e. The van der Waals surface area contributed by atoms with Gasteiger partial charge in [-0.2, -0.15) is 0 Å². The maximum Gasteiger partial charge on any atom is 0.138 e. The van der Waals surface area contributed by atoms with Crippen LogP contribution in [0.2, 0.25) is 0 Å². The van der Waals surface area contributed by atoms with E-state index >= 15 is 0 Å². The van der Waals surface area contributed by atoms with Crippen molar-refractivity contribution in [3.05, 3.63) is 125 Å². The van der Waals surface area contributed by atoms with E-state index in [1.165, 1.54) is 12.1 Å². The quantitative estimate of drug-likeness (QED) is 0.241. The number of carbonyl (C=O) groups is 1. The van der Waals surface area contributed by atoms with E-state index in [9.17, 15) is 13.6 Å². The Kier molecular flexibility index (Phi) is 6.95. The van der Waals surface area contributed by atoms with Crippen molar-refractivity contribution in [3.8, 4) is 11.1 Å². The molecule has 0 saturated carbocycles. The molecule has 0 saturated heterocycles. The lowest BCUT2D eigenvalue weighted by molar-refractivity contribution is -0.118. The van der Waals surface area contributed by atoms with Crippen LogP contribution in [0.5, 0.6) is 0 Å². The number of hydrogen-bond donors (Lipinski definition) is 1. The summed E-state index contributed by atoms with van der Waals surface area (Å²) in [5.41, 5.74) is 7.36. The van der Waals surface area contributed by atoms with Crippen molar-refractivity contribution in [1.82, 2.24) is 9.97 Å². The predicted molar refractivity (Wildman–Crippen MR) is 144 cm³/mol. The number of H-pyrrole nitrogens is 1. The highest BCUT2D eigenvalue weighted by atomic mass is 19.1. The minimum Gasteiger partial charge on any atom is -0.361 e. The first-order valence-corrected chi connectivity index (χ1v) is 12.4. The average Bonchev–Trinajstić information content (AvgIpc) is 3.27. The van der Waals surface area contributed by atoms with Crippen LogP contribution in [0.15, 0.2) is 85.2 Å². The SMILES string of the molecule is Cc1ccc(-c2cccnc2[C@@H](CC(=O)Cc2c[nH]c3cccc(C)c23)Cc2cc(F)cc(F)c2)cc1. The minimum absolute atomic E-state index is 0.0477. The lowest BCUT2D eigenvalue weighted by atomic mass is 9.85. The van der Waals surface area contributed by atoms with Gasteiger partial charge in [-0.05, 0) is 66.8 Å². The van der Waals surface area contributed by atoms with E-state index in [1.807, 2.05) is 74.6 Å². The molecular formula is C32H28F2N2O. The third-order valence-corrected chi connectivity index (χ3v) is 6.85. The Balaban J connectivity index is 1.50. The number of carbonyl (C=O) groups excluding carboxylic acids is 1. The molecule has 0 amide bonds. The van der Waals surface area contributed by atoms with Crippen molar-refractivity contribution in [1.29, 1.82) is 0 Å². The van der Waals surface area contributed by atoms with Crippen molar-refractivity contribution < 1.29 is 13.6 Å². The number of Topliss-reactive ketones (excluding diaryl/α,β-unsaturated/α-hetero) is 1. The highest BCUT2D eigenvalue weighted by Gasteiger charge is 2.23. The van der Waals surface area contributed by atoms with Gasteiger partial charge in [0.05, 0.1) is 5.69 Å². The number of hydrogen-bond acceptors (Lipinski definition) is 2. The Labute approximate surface area is 215 Å². The normalized spacial score (nSPS) is 12.1. The summed E-state index contributed by atoms with van der Waals surface area (Å²) in [6.07, 6.45) is 4.37. The first-order valence-electron chi connectivity index (χ1n) is 12.4. The summed E-state index contributed by atoms with van der Waals surface area (Å²) in [4.78, 5) is 21.4.